The van der Waals surface area contributed by atoms with Gasteiger partial charge in [0.2, 0.25) is 0 Å². The van der Waals surface area contributed by atoms with Crippen LogP contribution < -0.4 is 5.32 Å². The highest BCUT2D eigenvalue weighted by Gasteiger charge is 2.13. The van der Waals surface area contributed by atoms with Gasteiger partial charge in [-0.15, -0.1) is 17.8 Å². The topological polar surface area (TPSA) is 35.8 Å². The molecule has 0 aliphatic carbocycles. The number of nitriles is 1. The Kier molecular flexibility index (Phi) is 3.22. The number of hydrogen-bond acceptors (Lipinski definition) is 3. The second-order valence-electron chi connectivity index (χ2n) is 3.33. The Balaban J connectivity index is 2.39. The van der Waals surface area contributed by atoms with E-state index < -0.39 is 0 Å². The van der Waals surface area contributed by atoms with Gasteiger partial charge < -0.3 is 0 Å². The van der Waals surface area contributed by atoms with Crippen molar-refractivity contribution in [1.29, 1.82) is 5.26 Å². The van der Waals surface area contributed by atoms with Gasteiger partial charge in [-0.3, -0.25) is 5.32 Å². The minimum atomic E-state index is -0.327. The van der Waals surface area contributed by atoms with Crippen LogP contribution in [0.5, 0.6) is 0 Å². The van der Waals surface area contributed by atoms with E-state index >= 15 is 0 Å². The van der Waals surface area contributed by atoms with E-state index in [-0.39, 0.29) is 6.04 Å². The molecule has 1 N–H and O–H groups in total. The summed E-state index contributed by atoms with van der Waals surface area (Å²) in [5.74, 6) is 2.48. The first kappa shape index (κ1) is 10.7. The number of nitrogens with one attached hydrogen (secondary N) is 1. The Bertz CT molecular complexity index is 571. The molecule has 2 rings (SSSR count). The van der Waals surface area contributed by atoms with Crippen LogP contribution in [0.3, 0.4) is 0 Å². The Morgan fingerprint density at radius 1 is 1.44 bits per heavy atom. The molecule has 3 heteroatoms. The number of nitrogens with zero attached hydrogens (tertiary/aromatic N) is 1. The number of hydrogen-bond donors (Lipinski definition) is 1. The molecule has 1 unspecified atom stereocenters. The monoisotopic (exact) mass is 226 g/mol. The van der Waals surface area contributed by atoms with Crippen molar-refractivity contribution < 1.29 is 0 Å². The lowest BCUT2D eigenvalue weighted by Crippen LogP contribution is -2.19. The number of fused-ring (bicyclic) bond motifs is 1. The van der Waals surface area contributed by atoms with Crippen LogP contribution in [0.2, 0.25) is 0 Å². The number of rotatable bonds is 3. The molecule has 0 spiro atoms. The smallest absolute Gasteiger partial charge is 0.123 e. The highest BCUT2D eigenvalue weighted by Crippen LogP contribution is 2.29. The molecule has 1 aromatic carbocycles. The van der Waals surface area contributed by atoms with E-state index in [1.165, 1.54) is 4.70 Å². The lowest BCUT2D eigenvalue weighted by atomic mass is 10.1. The first-order chi connectivity index (χ1) is 7.86. The first-order valence-electron chi connectivity index (χ1n) is 4.89. The average Bonchev–Trinajstić information content (AvgIpc) is 2.75. The van der Waals surface area contributed by atoms with Crippen molar-refractivity contribution in [3.8, 4) is 18.4 Å². The van der Waals surface area contributed by atoms with E-state index in [1.807, 2.05) is 23.6 Å². The molecule has 78 valence electrons. The zero-order chi connectivity index (χ0) is 11.4. The Morgan fingerprint density at radius 2 is 2.25 bits per heavy atom. The van der Waals surface area contributed by atoms with Crippen molar-refractivity contribution in [3.05, 3.63) is 35.2 Å². The third-order valence-corrected chi connectivity index (χ3v) is 3.34. The van der Waals surface area contributed by atoms with Crippen LogP contribution in [0, 0.1) is 23.7 Å². The zero-order valence-corrected chi connectivity index (χ0v) is 9.42. The summed E-state index contributed by atoms with van der Waals surface area (Å²) in [6, 6.07) is 9.97. The van der Waals surface area contributed by atoms with Crippen molar-refractivity contribution in [2.45, 2.75) is 6.04 Å². The van der Waals surface area contributed by atoms with Gasteiger partial charge in [-0.1, -0.05) is 24.1 Å². The maximum atomic E-state index is 9.11. The summed E-state index contributed by atoms with van der Waals surface area (Å²) in [6.45, 7) is 0.405. The van der Waals surface area contributed by atoms with Gasteiger partial charge in [-0.25, -0.2) is 0 Å². The maximum absolute atomic E-state index is 9.11. The SMILES string of the molecule is C#CCNC(C#N)c1csc2ccccc12. The van der Waals surface area contributed by atoms with Gasteiger partial charge in [-0.2, -0.15) is 5.26 Å². The highest BCUT2D eigenvalue weighted by molar-refractivity contribution is 7.17. The largest absolute Gasteiger partial charge is 0.287 e. The molecule has 0 saturated carbocycles. The normalized spacial score (nSPS) is 11.9. The fourth-order valence-electron chi connectivity index (χ4n) is 1.61. The van der Waals surface area contributed by atoms with Crippen molar-refractivity contribution in [2.75, 3.05) is 6.54 Å². The summed E-state index contributed by atoms with van der Waals surface area (Å²) in [6.07, 6.45) is 5.18. The molecule has 0 bridgehead atoms. The lowest BCUT2D eigenvalue weighted by molar-refractivity contribution is 0.697. The summed E-state index contributed by atoms with van der Waals surface area (Å²) in [4.78, 5) is 0. The molecule has 1 atom stereocenters. The summed E-state index contributed by atoms with van der Waals surface area (Å²) in [7, 11) is 0. The van der Waals surface area contributed by atoms with Crippen molar-refractivity contribution in [1.82, 2.24) is 5.32 Å². The maximum Gasteiger partial charge on any atom is 0.123 e. The van der Waals surface area contributed by atoms with Gasteiger partial charge in [0.1, 0.15) is 6.04 Å². The number of benzene rings is 1. The number of thiophene rings is 1. The fraction of sp³-hybridized carbons (Fsp3) is 0.154. The van der Waals surface area contributed by atoms with E-state index in [0.29, 0.717) is 6.54 Å². The molecular formula is C13H10N2S. The predicted molar refractivity (Wildman–Crippen MR) is 67.0 cm³/mol. The third-order valence-electron chi connectivity index (χ3n) is 2.36. The van der Waals surface area contributed by atoms with Crippen LogP contribution in [-0.4, -0.2) is 6.54 Å². The minimum absolute atomic E-state index is 0.327. The molecule has 0 fully saturated rings. The van der Waals surface area contributed by atoms with Gasteiger partial charge in [-0.05, 0) is 16.8 Å². The predicted octanol–water partition coefficient (Wildman–Crippen LogP) is 2.69. The van der Waals surface area contributed by atoms with Crippen molar-refractivity contribution in [3.63, 3.8) is 0 Å². The van der Waals surface area contributed by atoms with Crippen LogP contribution in [0.25, 0.3) is 10.1 Å². The Labute approximate surface area is 98.5 Å². The summed E-state index contributed by atoms with van der Waals surface area (Å²) in [5, 5.41) is 15.3. The number of terminal acetylenes is 1. The fourth-order valence-corrected chi connectivity index (χ4v) is 2.59. The van der Waals surface area contributed by atoms with Gasteiger partial charge in [0.15, 0.2) is 0 Å². The summed E-state index contributed by atoms with van der Waals surface area (Å²) in [5.41, 5.74) is 1.01. The Hall–Kier alpha value is -1.81. The highest BCUT2D eigenvalue weighted by atomic mass is 32.1. The lowest BCUT2D eigenvalue weighted by Gasteiger charge is -2.07. The van der Waals surface area contributed by atoms with E-state index in [0.717, 1.165) is 10.9 Å². The third kappa shape index (κ3) is 1.92. The average molecular weight is 226 g/mol. The standard InChI is InChI=1S/C13H10N2S/c1-2-7-15-12(8-14)11-9-16-13-6-4-3-5-10(11)13/h1,3-6,9,12,15H,7H2. The van der Waals surface area contributed by atoms with Gasteiger partial charge in [0, 0.05) is 10.3 Å². The minimum Gasteiger partial charge on any atom is -0.287 e. The van der Waals surface area contributed by atoms with E-state index in [4.69, 9.17) is 11.7 Å². The van der Waals surface area contributed by atoms with Crippen LogP contribution in [-0.2, 0) is 0 Å². The Morgan fingerprint density at radius 3 is 3.00 bits per heavy atom. The van der Waals surface area contributed by atoms with E-state index in [1.54, 1.807) is 11.3 Å². The summed E-state index contributed by atoms with van der Waals surface area (Å²) < 4.78 is 1.19. The second-order valence-corrected chi connectivity index (χ2v) is 4.25. The van der Waals surface area contributed by atoms with Crippen molar-refractivity contribution in [2.24, 2.45) is 0 Å². The first-order valence-corrected chi connectivity index (χ1v) is 5.77. The second kappa shape index (κ2) is 4.81. The van der Waals surface area contributed by atoms with Gasteiger partial charge in [0.05, 0.1) is 12.6 Å². The molecular weight excluding hydrogens is 216 g/mol. The van der Waals surface area contributed by atoms with E-state index in [2.05, 4.69) is 23.4 Å². The molecule has 2 aromatic rings. The molecule has 16 heavy (non-hydrogen) atoms. The molecule has 0 aliphatic heterocycles. The van der Waals surface area contributed by atoms with Crippen molar-refractivity contribution >= 4 is 21.4 Å². The van der Waals surface area contributed by atoms with Crippen LogP contribution in [0.1, 0.15) is 11.6 Å². The molecule has 0 amide bonds. The zero-order valence-electron chi connectivity index (χ0n) is 8.60. The molecule has 0 radical (unpaired) electrons. The van der Waals surface area contributed by atoms with E-state index in [9.17, 15) is 0 Å². The molecule has 1 aromatic heterocycles. The molecule has 2 nitrogen and oxygen atoms in total. The molecule has 1 heterocycles. The van der Waals surface area contributed by atoms with Crippen LogP contribution in [0.15, 0.2) is 29.6 Å². The van der Waals surface area contributed by atoms with Gasteiger partial charge >= 0.3 is 0 Å². The quantitative estimate of drug-likeness (QED) is 0.817. The van der Waals surface area contributed by atoms with Crippen LogP contribution >= 0.6 is 11.3 Å². The summed E-state index contributed by atoms with van der Waals surface area (Å²) >= 11 is 1.65. The van der Waals surface area contributed by atoms with Crippen LogP contribution in [0.4, 0.5) is 0 Å². The van der Waals surface area contributed by atoms with Gasteiger partial charge in [0.25, 0.3) is 0 Å². The molecule has 0 saturated heterocycles. The molecule has 0 aliphatic rings.